The van der Waals surface area contributed by atoms with Crippen LogP contribution in [0, 0.1) is 0 Å². The summed E-state index contributed by atoms with van der Waals surface area (Å²) in [5, 5.41) is 2.62. The van der Waals surface area contributed by atoms with Crippen molar-refractivity contribution in [3.05, 3.63) is 12.0 Å². The molecule has 0 bridgehead atoms. The molecule has 72 valence electrons. The SMILES string of the molecule is CCNC(=O)c1cnc(N(C)C)o1. The Bertz CT molecular complexity index is 293. The second-order valence-electron chi connectivity index (χ2n) is 2.76. The molecule has 0 atom stereocenters. The number of oxazole rings is 1. The zero-order valence-corrected chi connectivity index (χ0v) is 8.00. The number of nitrogens with one attached hydrogen (secondary N) is 1. The van der Waals surface area contributed by atoms with Gasteiger partial charge in [0.1, 0.15) is 0 Å². The number of nitrogens with zero attached hydrogens (tertiary/aromatic N) is 2. The molecule has 1 rings (SSSR count). The van der Waals surface area contributed by atoms with Crippen molar-refractivity contribution in [2.45, 2.75) is 6.92 Å². The van der Waals surface area contributed by atoms with Crippen LogP contribution in [0.4, 0.5) is 6.01 Å². The van der Waals surface area contributed by atoms with Crippen molar-refractivity contribution in [2.75, 3.05) is 25.5 Å². The van der Waals surface area contributed by atoms with Crippen LogP contribution in [0.2, 0.25) is 0 Å². The fraction of sp³-hybridized carbons (Fsp3) is 0.500. The summed E-state index contributed by atoms with van der Waals surface area (Å²) >= 11 is 0. The molecule has 0 aliphatic heterocycles. The van der Waals surface area contributed by atoms with Crippen LogP contribution < -0.4 is 10.2 Å². The first-order chi connectivity index (χ1) is 6.15. The monoisotopic (exact) mass is 183 g/mol. The standard InChI is InChI=1S/C8H13N3O2/c1-4-9-7(12)6-5-10-8(13-6)11(2)3/h5H,4H2,1-3H3,(H,9,12). The van der Waals surface area contributed by atoms with Crippen molar-refractivity contribution in [1.29, 1.82) is 0 Å². The van der Waals surface area contributed by atoms with E-state index in [0.29, 0.717) is 12.6 Å². The number of carbonyl (C=O) groups is 1. The molecule has 0 radical (unpaired) electrons. The fourth-order valence-electron chi connectivity index (χ4n) is 0.824. The first-order valence-corrected chi connectivity index (χ1v) is 4.06. The molecule has 0 aliphatic carbocycles. The molecule has 1 aromatic heterocycles. The van der Waals surface area contributed by atoms with Crippen molar-refractivity contribution in [1.82, 2.24) is 10.3 Å². The Morgan fingerprint density at radius 3 is 2.85 bits per heavy atom. The zero-order valence-electron chi connectivity index (χ0n) is 8.00. The molecule has 5 heteroatoms. The Labute approximate surface area is 76.7 Å². The van der Waals surface area contributed by atoms with E-state index < -0.39 is 0 Å². The topological polar surface area (TPSA) is 58.4 Å². The molecule has 0 spiro atoms. The van der Waals surface area contributed by atoms with Crippen LogP contribution in [0.5, 0.6) is 0 Å². The van der Waals surface area contributed by atoms with E-state index in [1.807, 2.05) is 6.92 Å². The maximum Gasteiger partial charge on any atom is 0.297 e. The van der Waals surface area contributed by atoms with Crippen LogP contribution in [0.15, 0.2) is 10.6 Å². The third kappa shape index (κ3) is 2.21. The number of aromatic nitrogens is 1. The van der Waals surface area contributed by atoms with Gasteiger partial charge < -0.3 is 14.6 Å². The molecule has 1 heterocycles. The first-order valence-electron chi connectivity index (χ1n) is 4.06. The van der Waals surface area contributed by atoms with E-state index in [4.69, 9.17) is 4.42 Å². The van der Waals surface area contributed by atoms with E-state index in [-0.39, 0.29) is 11.7 Å². The summed E-state index contributed by atoms with van der Waals surface area (Å²) in [5.74, 6) is 0.00801. The molecule has 13 heavy (non-hydrogen) atoms. The molecule has 0 saturated carbocycles. The van der Waals surface area contributed by atoms with Gasteiger partial charge in [0.2, 0.25) is 5.76 Å². The van der Waals surface area contributed by atoms with Crippen LogP contribution in [0.25, 0.3) is 0 Å². The predicted octanol–water partition coefficient (Wildman–Crippen LogP) is 0.490. The van der Waals surface area contributed by atoms with E-state index in [1.54, 1.807) is 19.0 Å². The average Bonchev–Trinajstić information content (AvgIpc) is 2.52. The summed E-state index contributed by atoms with van der Waals surface area (Å²) in [4.78, 5) is 16.8. The summed E-state index contributed by atoms with van der Waals surface area (Å²) in [7, 11) is 3.60. The van der Waals surface area contributed by atoms with Gasteiger partial charge in [-0.1, -0.05) is 0 Å². The second kappa shape index (κ2) is 3.93. The van der Waals surface area contributed by atoms with Gasteiger partial charge in [0.15, 0.2) is 0 Å². The van der Waals surface area contributed by atoms with Crippen LogP contribution in [0.3, 0.4) is 0 Å². The van der Waals surface area contributed by atoms with E-state index in [9.17, 15) is 4.79 Å². The van der Waals surface area contributed by atoms with Crippen LogP contribution in [-0.2, 0) is 0 Å². The van der Waals surface area contributed by atoms with Crippen LogP contribution in [0.1, 0.15) is 17.5 Å². The quantitative estimate of drug-likeness (QED) is 0.741. The molecule has 5 nitrogen and oxygen atoms in total. The number of amides is 1. The number of anilines is 1. The lowest BCUT2D eigenvalue weighted by molar-refractivity contribution is 0.0929. The van der Waals surface area contributed by atoms with Crippen molar-refractivity contribution in [3.8, 4) is 0 Å². The predicted molar refractivity (Wildman–Crippen MR) is 48.8 cm³/mol. The first kappa shape index (κ1) is 9.57. The molecule has 0 unspecified atom stereocenters. The summed E-state index contributed by atoms with van der Waals surface area (Å²) < 4.78 is 5.16. The Hall–Kier alpha value is -1.52. The molecular weight excluding hydrogens is 170 g/mol. The molecule has 1 aromatic rings. The van der Waals surface area contributed by atoms with E-state index >= 15 is 0 Å². The van der Waals surface area contributed by atoms with E-state index in [2.05, 4.69) is 10.3 Å². The Balaban J connectivity index is 2.73. The van der Waals surface area contributed by atoms with Gasteiger partial charge >= 0.3 is 0 Å². The molecule has 0 fully saturated rings. The largest absolute Gasteiger partial charge is 0.418 e. The number of hydrogen-bond donors (Lipinski definition) is 1. The van der Waals surface area contributed by atoms with Gasteiger partial charge in [-0.3, -0.25) is 4.79 Å². The fourth-order valence-corrected chi connectivity index (χ4v) is 0.824. The third-order valence-corrected chi connectivity index (χ3v) is 1.44. The lowest BCUT2D eigenvalue weighted by atomic mass is 10.5. The van der Waals surface area contributed by atoms with Crippen molar-refractivity contribution < 1.29 is 9.21 Å². The Morgan fingerprint density at radius 1 is 1.69 bits per heavy atom. The molecule has 0 aromatic carbocycles. The number of hydrogen-bond acceptors (Lipinski definition) is 4. The van der Waals surface area contributed by atoms with Gasteiger partial charge in [-0.15, -0.1) is 0 Å². The van der Waals surface area contributed by atoms with Crippen molar-refractivity contribution >= 4 is 11.9 Å². The van der Waals surface area contributed by atoms with Gasteiger partial charge in [0, 0.05) is 20.6 Å². The average molecular weight is 183 g/mol. The van der Waals surface area contributed by atoms with E-state index in [1.165, 1.54) is 6.20 Å². The minimum absolute atomic E-state index is 0.233. The smallest absolute Gasteiger partial charge is 0.297 e. The molecule has 0 saturated heterocycles. The summed E-state index contributed by atoms with van der Waals surface area (Å²) in [6.45, 7) is 2.43. The summed E-state index contributed by atoms with van der Waals surface area (Å²) in [5.41, 5.74) is 0. The van der Waals surface area contributed by atoms with Gasteiger partial charge in [0.05, 0.1) is 6.20 Å². The summed E-state index contributed by atoms with van der Waals surface area (Å²) in [6.07, 6.45) is 1.42. The minimum Gasteiger partial charge on any atom is -0.418 e. The van der Waals surface area contributed by atoms with E-state index in [0.717, 1.165) is 0 Å². The number of rotatable bonds is 3. The minimum atomic E-state index is -0.233. The molecule has 1 amide bonds. The number of carbonyl (C=O) groups excluding carboxylic acids is 1. The highest BCUT2D eigenvalue weighted by Gasteiger charge is 2.11. The molecular formula is C8H13N3O2. The summed E-state index contributed by atoms with van der Waals surface area (Å²) in [6, 6.07) is 0.432. The highest BCUT2D eigenvalue weighted by Crippen LogP contribution is 2.10. The molecule has 0 aliphatic rings. The highest BCUT2D eigenvalue weighted by molar-refractivity contribution is 5.91. The normalized spacial score (nSPS) is 9.77. The Kier molecular flexibility index (Phi) is 2.89. The van der Waals surface area contributed by atoms with Crippen molar-refractivity contribution in [3.63, 3.8) is 0 Å². The maximum atomic E-state index is 11.2. The van der Waals surface area contributed by atoms with Crippen molar-refractivity contribution in [2.24, 2.45) is 0 Å². The van der Waals surface area contributed by atoms with Gasteiger partial charge in [-0.05, 0) is 6.92 Å². The third-order valence-electron chi connectivity index (χ3n) is 1.44. The van der Waals surface area contributed by atoms with Crippen LogP contribution in [-0.4, -0.2) is 31.5 Å². The van der Waals surface area contributed by atoms with Crippen LogP contribution >= 0.6 is 0 Å². The maximum absolute atomic E-state index is 11.2. The Morgan fingerprint density at radius 2 is 2.38 bits per heavy atom. The molecule has 1 N–H and O–H groups in total. The second-order valence-corrected chi connectivity index (χ2v) is 2.76. The highest BCUT2D eigenvalue weighted by atomic mass is 16.4. The van der Waals surface area contributed by atoms with Gasteiger partial charge in [0.25, 0.3) is 11.9 Å². The lowest BCUT2D eigenvalue weighted by Gasteiger charge is -2.04. The zero-order chi connectivity index (χ0) is 9.84. The lowest BCUT2D eigenvalue weighted by Crippen LogP contribution is -2.22. The van der Waals surface area contributed by atoms with Gasteiger partial charge in [-0.2, -0.15) is 0 Å². The van der Waals surface area contributed by atoms with Gasteiger partial charge in [-0.25, -0.2) is 4.98 Å².